The van der Waals surface area contributed by atoms with Crippen molar-refractivity contribution >= 4 is 44.4 Å². The largest absolute Gasteiger partial charge is 0.465 e. The Balaban J connectivity index is 1.86. The van der Waals surface area contributed by atoms with Crippen molar-refractivity contribution in [1.29, 1.82) is 0 Å². The number of thiazole rings is 1. The van der Waals surface area contributed by atoms with Gasteiger partial charge in [-0.15, -0.1) is 0 Å². The quantitative estimate of drug-likeness (QED) is 0.667. The molecule has 1 aromatic heterocycles. The summed E-state index contributed by atoms with van der Waals surface area (Å²) in [5, 5.41) is 13.6. The van der Waals surface area contributed by atoms with Crippen LogP contribution >= 0.6 is 11.3 Å². The number of hydrogen-bond donors (Lipinski definition) is 3. The molecule has 6 nitrogen and oxygen atoms in total. The standard InChI is InChI=1S/C16H12FN3O3S/c1-8-2-4-10(17)12(6-8)18-14(21)9-3-5-11-13(7-9)24-15(19-11)20-16(22)23/h2-7H,1H3,(H,18,21)(H,19,20)(H,22,23). The Morgan fingerprint density at radius 2 is 1.96 bits per heavy atom. The molecule has 3 N–H and O–H groups in total. The van der Waals surface area contributed by atoms with E-state index in [1.165, 1.54) is 6.07 Å². The zero-order valence-electron chi connectivity index (χ0n) is 12.5. The van der Waals surface area contributed by atoms with Crippen LogP contribution in [0.4, 0.5) is 20.0 Å². The van der Waals surface area contributed by atoms with Crippen molar-refractivity contribution in [3.63, 3.8) is 0 Å². The third-order valence-electron chi connectivity index (χ3n) is 3.23. The first-order valence-corrected chi connectivity index (χ1v) is 7.72. The van der Waals surface area contributed by atoms with Crippen molar-refractivity contribution in [3.05, 3.63) is 53.3 Å². The zero-order chi connectivity index (χ0) is 17.3. The lowest BCUT2D eigenvalue weighted by molar-refractivity contribution is 0.102. The summed E-state index contributed by atoms with van der Waals surface area (Å²) in [6.45, 7) is 1.80. The second-order valence-electron chi connectivity index (χ2n) is 5.07. The number of carbonyl (C=O) groups is 2. The van der Waals surface area contributed by atoms with E-state index in [-0.39, 0.29) is 10.8 Å². The van der Waals surface area contributed by atoms with Gasteiger partial charge in [0, 0.05) is 5.56 Å². The number of fused-ring (bicyclic) bond motifs is 1. The van der Waals surface area contributed by atoms with E-state index in [4.69, 9.17) is 5.11 Å². The van der Waals surface area contributed by atoms with Crippen LogP contribution in [0.2, 0.25) is 0 Å². The molecule has 1 heterocycles. The van der Waals surface area contributed by atoms with Gasteiger partial charge in [-0.2, -0.15) is 0 Å². The van der Waals surface area contributed by atoms with Crippen LogP contribution in [0.1, 0.15) is 15.9 Å². The fourth-order valence-corrected chi connectivity index (χ4v) is 3.03. The lowest BCUT2D eigenvalue weighted by atomic mass is 10.1. The Bertz CT molecular complexity index is 955. The molecule has 3 aromatic rings. The number of aryl methyl sites for hydroxylation is 1. The number of benzene rings is 2. The Kier molecular flexibility index (Phi) is 4.13. The number of hydrogen-bond acceptors (Lipinski definition) is 4. The lowest BCUT2D eigenvalue weighted by Crippen LogP contribution is -2.13. The topological polar surface area (TPSA) is 91.3 Å². The molecule has 2 amide bonds. The summed E-state index contributed by atoms with van der Waals surface area (Å²) in [6, 6.07) is 9.21. The molecule has 3 rings (SSSR count). The van der Waals surface area contributed by atoms with Gasteiger partial charge in [-0.1, -0.05) is 17.4 Å². The van der Waals surface area contributed by atoms with E-state index in [1.54, 1.807) is 37.3 Å². The molecule has 0 saturated carbocycles. The van der Waals surface area contributed by atoms with Crippen LogP contribution in [0.5, 0.6) is 0 Å². The van der Waals surface area contributed by atoms with Gasteiger partial charge in [0.05, 0.1) is 15.9 Å². The minimum Gasteiger partial charge on any atom is -0.465 e. The van der Waals surface area contributed by atoms with Crippen LogP contribution in [-0.4, -0.2) is 22.1 Å². The first kappa shape index (κ1) is 15.9. The average molecular weight is 345 g/mol. The molecule has 2 aromatic carbocycles. The van der Waals surface area contributed by atoms with E-state index in [1.807, 2.05) is 0 Å². The van der Waals surface area contributed by atoms with Gasteiger partial charge in [-0.3, -0.25) is 10.1 Å². The minimum atomic E-state index is -1.21. The lowest BCUT2D eigenvalue weighted by Gasteiger charge is -2.07. The van der Waals surface area contributed by atoms with Gasteiger partial charge in [0.1, 0.15) is 5.82 Å². The van der Waals surface area contributed by atoms with Gasteiger partial charge < -0.3 is 10.4 Å². The summed E-state index contributed by atoms with van der Waals surface area (Å²) in [5.74, 6) is -0.969. The van der Waals surface area contributed by atoms with Crippen molar-refractivity contribution in [2.24, 2.45) is 0 Å². The van der Waals surface area contributed by atoms with Crippen LogP contribution < -0.4 is 10.6 Å². The molecule has 0 fully saturated rings. The second kappa shape index (κ2) is 6.25. The van der Waals surface area contributed by atoms with E-state index in [0.717, 1.165) is 16.9 Å². The van der Waals surface area contributed by atoms with Gasteiger partial charge in [-0.05, 0) is 42.8 Å². The number of amides is 2. The fourth-order valence-electron chi connectivity index (χ4n) is 2.14. The predicted octanol–water partition coefficient (Wildman–Crippen LogP) is 4.09. The second-order valence-corrected chi connectivity index (χ2v) is 6.10. The van der Waals surface area contributed by atoms with E-state index in [2.05, 4.69) is 15.6 Å². The van der Waals surface area contributed by atoms with Crippen LogP contribution in [0.15, 0.2) is 36.4 Å². The molecule has 0 aliphatic rings. The van der Waals surface area contributed by atoms with Gasteiger partial charge in [0.25, 0.3) is 5.91 Å². The molecule has 0 radical (unpaired) electrons. The fraction of sp³-hybridized carbons (Fsp3) is 0.0625. The first-order valence-electron chi connectivity index (χ1n) is 6.90. The van der Waals surface area contributed by atoms with E-state index >= 15 is 0 Å². The number of carbonyl (C=O) groups excluding carboxylic acids is 1. The Labute approximate surface area is 140 Å². The highest BCUT2D eigenvalue weighted by molar-refractivity contribution is 7.22. The monoisotopic (exact) mass is 345 g/mol. The highest BCUT2D eigenvalue weighted by Crippen LogP contribution is 2.27. The highest BCUT2D eigenvalue weighted by Gasteiger charge is 2.12. The maximum absolute atomic E-state index is 13.7. The molecule has 0 aliphatic heterocycles. The molecule has 122 valence electrons. The number of rotatable bonds is 3. The minimum absolute atomic E-state index is 0.109. The van der Waals surface area contributed by atoms with Gasteiger partial charge in [0.15, 0.2) is 5.13 Å². The van der Waals surface area contributed by atoms with Crippen LogP contribution in [0.3, 0.4) is 0 Å². The SMILES string of the molecule is Cc1ccc(F)c(NC(=O)c2ccc3nc(NC(=O)O)sc3c2)c1. The number of nitrogens with zero attached hydrogens (tertiary/aromatic N) is 1. The third kappa shape index (κ3) is 3.33. The number of nitrogens with one attached hydrogen (secondary N) is 2. The molecule has 0 spiro atoms. The number of carboxylic acid groups (broad SMARTS) is 1. The molecule has 0 bridgehead atoms. The van der Waals surface area contributed by atoms with E-state index in [9.17, 15) is 14.0 Å². The van der Waals surface area contributed by atoms with Crippen molar-refractivity contribution < 1.29 is 19.1 Å². The maximum atomic E-state index is 13.7. The van der Waals surface area contributed by atoms with E-state index < -0.39 is 17.8 Å². The molecular weight excluding hydrogens is 333 g/mol. The average Bonchev–Trinajstić information content (AvgIpc) is 2.91. The van der Waals surface area contributed by atoms with Gasteiger partial charge in [0.2, 0.25) is 0 Å². The smallest absolute Gasteiger partial charge is 0.410 e. The van der Waals surface area contributed by atoms with Crippen LogP contribution in [0.25, 0.3) is 10.2 Å². The number of anilines is 2. The van der Waals surface area contributed by atoms with Crippen molar-refractivity contribution in [3.8, 4) is 0 Å². The Morgan fingerprint density at radius 3 is 2.71 bits per heavy atom. The summed E-state index contributed by atoms with van der Waals surface area (Å²) >= 11 is 1.11. The molecular formula is C16H12FN3O3S. The summed E-state index contributed by atoms with van der Waals surface area (Å²) in [6.07, 6.45) is -1.21. The third-order valence-corrected chi connectivity index (χ3v) is 4.17. The molecule has 24 heavy (non-hydrogen) atoms. The van der Waals surface area contributed by atoms with E-state index in [0.29, 0.717) is 15.8 Å². The number of halogens is 1. The van der Waals surface area contributed by atoms with Crippen molar-refractivity contribution in [2.75, 3.05) is 10.6 Å². The van der Waals surface area contributed by atoms with Gasteiger partial charge >= 0.3 is 6.09 Å². The Hall–Kier alpha value is -3.00. The normalized spacial score (nSPS) is 10.6. The molecule has 0 unspecified atom stereocenters. The molecule has 0 atom stereocenters. The van der Waals surface area contributed by atoms with Crippen LogP contribution in [0, 0.1) is 12.7 Å². The Morgan fingerprint density at radius 1 is 1.17 bits per heavy atom. The number of aromatic nitrogens is 1. The van der Waals surface area contributed by atoms with Gasteiger partial charge in [-0.25, -0.2) is 14.2 Å². The summed E-state index contributed by atoms with van der Waals surface area (Å²) in [4.78, 5) is 27.0. The zero-order valence-corrected chi connectivity index (χ0v) is 13.3. The predicted molar refractivity (Wildman–Crippen MR) is 90.4 cm³/mol. The molecule has 0 saturated heterocycles. The van der Waals surface area contributed by atoms with Crippen molar-refractivity contribution in [1.82, 2.24) is 4.98 Å². The molecule has 0 aliphatic carbocycles. The molecule has 8 heteroatoms. The first-order chi connectivity index (χ1) is 11.4. The highest BCUT2D eigenvalue weighted by atomic mass is 32.1. The summed E-state index contributed by atoms with van der Waals surface area (Å²) in [7, 11) is 0. The van der Waals surface area contributed by atoms with Crippen LogP contribution in [-0.2, 0) is 0 Å². The maximum Gasteiger partial charge on any atom is 0.410 e. The summed E-state index contributed by atoms with van der Waals surface area (Å²) in [5.41, 5.74) is 1.84. The summed E-state index contributed by atoms with van der Waals surface area (Å²) < 4.78 is 14.4. The van der Waals surface area contributed by atoms with Crippen molar-refractivity contribution in [2.45, 2.75) is 6.92 Å².